The van der Waals surface area contributed by atoms with Crippen LogP contribution >= 0.6 is 0 Å². The molecule has 116 valence electrons. The summed E-state index contributed by atoms with van der Waals surface area (Å²) in [6.07, 6.45) is 9.92. The number of carbonyl (C=O) groups is 1. The second-order valence-corrected chi connectivity index (χ2v) is 5.98. The summed E-state index contributed by atoms with van der Waals surface area (Å²) in [5.74, 6) is 0.262. The van der Waals surface area contributed by atoms with Crippen molar-refractivity contribution in [2.75, 3.05) is 6.54 Å². The molecule has 0 saturated carbocycles. The van der Waals surface area contributed by atoms with Crippen molar-refractivity contribution in [1.29, 1.82) is 0 Å². The summed E-state index contributed by atoms with van der Waals surface area (Å²) in [5.41, 5.74) is 1.15. The highest BCUT2D eigenvalue weighted by atomic mass is 16.3. The van der Waals surface area contributed by atoms with Gasteiger partial charge in [-0.2, -0.15) is 0 Å². The Morgan fingerprint density at radius 1 is 1.48 bits per heavy atom. The Labute approximate surface area is 127 Å². The summed E-state index contributed by atoms with van der Waals surface area (Å²) in [6, 6.07) is 4.21. The van der Waals surface area contributed by atoms with Gasteiger partial charge in [-0.15, -0.1) is 0 Å². The molecule has 1 saturated heterocycles. The Morgan fingerprint density at radius 2 is 2.33 bits per heavy atom. The monoisotopic (exact) mass is 290 g/mol. The molecule has 1 aliphatic rings. The van der Waals surface area contributed by atoms with E-state index in [-0.39, 0.29) is 18.1 Å². The zero-order valence-corrected chi connectivity index (χ0v) is 12.9. The lowest BCUT2D eigenvalue weighted by atomic mass is 10.1. The molecule has 0 spiro atoms. The third-order valence-corrected chi connectivity index (χ3v) is 4.15. The van der Waals surface area contributed by atoms with Crippen molar-refractivity contribution >= 4 is 5.91 Å². The maximum atomic E-state index is 12.4. The molecule has 1 aromatic heterocycles. The Hall–Kier alpha value is -1.42. The summed E-state index contributed by atoms with van der Waals surface area (Å²) in [5, 5.41) is 9.21. The first kappa shape index (κ1) is 16.0. The van der Waals surface area contributed by atoms with E-state index in [1.54, 1.807) is 6.20 Å². The molecule has 0 aliphatic carbocycles. The molecule has 0 radical (unpaired) electrons. The van der Waals surface area contributed by atoms with Crippen LogP contribution < -0.4 is 0 Å². The molecule has 0 unspecified atom stereocenters. The number of carbonyl (C=O) groups excluding carboxylic acids is 1. The van der Waals surface area contributed by atoms with Gasteiger partial charge in [0.1, 0.15) is 0 Å². The van der Waals surface area contributed by atoms with E-state index in [1.807, 2.05) is 24.1 Å². The Balaban J connectivity index is 1.79. The van der Waals surface area contributed by atoms with E-state index >= 15 is 0 Å². The van der Waals surface area contributed by atoms with Gasteiger partial charge in [-0.3, -0.25) is 9.78 Å². The molecule has 2 heterocycles. The van der Waals surface area contributed by atoms with Crippen LogP contribution in [0.5, 0.6) is 0 Å². The SMILES string of the molecule is C[C@H](O)CCCCCC(=O)N1CCC[C@@H]1c1cccnc1. The second-order valence-electron chi connectivity index (χ2n) is 5.98. The van der Waals surface area contributed by atoms with Crippen molar-refractivity contribution in [3.05, 3.63) is 30.1 Å². The Bertz CT molecular complexity index is 434. The first-order chi connectivity index (χ1) is 10.2. The molecule has 1 N–H and O–H groups in total. The van der Waals surface area contributed by atoms with E-state index in [2.05, 4.69) is 11.1 Å². The molecule has 2 rings (SSSR count). The lowest BCUT2D eigenvalue weighted by Gasteiger charge is -2.25. The molecule has 1 amide bonds. The van der Waals surface area contributed by atoms with Gasteiger partial charge in [-0.1, -0.05) is 18.9 Å². The van der Waals surface area contributed by atoms with Gasteiger partial charge in [0.2, 0.25) is 5.91 Å². The van der Waals surface area contributed by atoms with Gasteiger partial charge < -0.3 is 10.0 Å². The van der Waals surface area contributed by atoms with Crippen LogP contribution in [0.15, 0.2) is 24.5 Å². The number of unbranched alkanes of at least 4 members (excludes halogenated alkanes) is 2. The lowest BCUT2D eigenvalue weighted by Crippen LogP contribution is -2.30. The zero-order valence-electron chi connectivity index (χ0n) is 12.9. The van der Waals surface area contributed by atoms with Crippen LogP contribution in [0.4, 0.5) is 0 Å². The fraction of sp³-hybridized carbons (Fsp3) is 0.647. The molecule has 2 atom stereocenters. The Kier molecular flexibility index (Phi) is 6.18. The minimum atomic E-state index is -0.228. The fourth-order valence-corrected chi connectivity index (χ4v) is 3.02. The molecule has 1 aromatic rings. The van der Waals surface area contributed by atoms with Crippen LogP contribution in [0.25, 0.3) is 0 Å². The summed E-state index contributed by atoms with van der Waals surface area (Å²) >= 11 is 0. The van der Waals surface area contributed by atoms with E-state index in [0.29, 0.717) is 6.42 Å². The van der Waals surface area contributed by atoms with E-state index in [4.69, 9.17) is 0 Å². The first-order valence-electron chi connectivity index (χ1n) is 8.06. The summed E-state index contributed by atoms with van der Waals surface area (Å²) < 4.78 is 0. The zero-order chi connectivity index (χ0) is 15.1. The van der Waals surface area contributed by atoms with Crippen LogP contribution in [0.3, 0.4) is 0 Å². The molecule has 0 aromatic carbocycles. The highest BCUT2D eigenvalue weighted by Gasteiger charge is 2.29. The number of likely N-dealkylation sites (tertiary alicyclic amines) is 1. The molecule has 0 bridgehead atoms. The predicted molar refractivity (Wildman–Crippen MR) is 82.7 cm³/mol. The van der Waals surface area contributed by atoms with Gasteiger partial charge in [0.05, 0.1) is 12.1 Å². The third-order valence-electron chi connectivity index (χ3n) is 4.15. The highest BCUT2D eigenvalue weighted by molar-refractivity contribution is 5.77. The van der Waals surface area contributed by atoms with E-state index in [1.165, 1.54) is 0 Å². The number of rotatable bonds is 7. The van der Waals surface area contributed by atoms with Gasteiger partial charge in [0, 0.05) is 25.4 Å². The second kappa shape index (κ2) is 8.13. The van der Waals surface area contributed by atoms with Gasteiger partial charge >= 0.3 is 0 Å². The summed E-state index contributed by atoms with van der Waals surface area (Å²) in [6.45, 7) is 2.68. The van der Waals surface area contributed by atoms with Crippen molar-refractivity contribution in [2.45, 2.75) is 64.0 Å². The van der Waals surface area contributed by atoms with Crippen LogP contribution in [-0.4, -0.2) is 33.5 Å². The maximum absolute atomic E-state index is 12.4. The number of aliphatic hydroxyl groups is 1. The standard InChI is InChI=1S/C17H26N2O2/c1-14(20)7-3-2-4-10-17(21)19-12-6-9-16(19)15-8-5-11-18-13-15/h5,8,11,13-14,16,20H,2-4,6-7,9-10,12H2,1H3/t14-,16+/m0/s1. The van der Waals surface area contributed by atoms with Crippen LogP contribution in [0.1, 0.15) is 63.5 Å². The van der Waals surface area contributed by atoms with Crippen LogP contribution in [0.2, 0.25) is 0 Å². The average Bonchev–Trinajstić information content (AvgIpc) is 2.97. The number of pyridine rings is 1. The summed E-state index contributed by atoms with van der Waals surface area (Å²) in [7, 11) is 0. The maximum Gasteiger partial charge on any atom is 0.223 e. The molecular weight excluding hydrogens is 264 g/mol. The highest BCUT2D eigenvalue weighted by Crippen LogP contribution is 2.32. The van der Waals surface area contributed by atoms with E-state index in [9.17, 15) is 9.90 Å². The molecule has 1 aliphatic heterocycles. The number of hydrogen-bond donors (Lipinski definition) is 1. The van der Waals surface area contributed by atoms with Crippen molar-refractivity contribution < 1.29 is 9.90 Å². The number of nitrogens with zero attached hydrogens (tertiary/aromatic N) is 2. The smallest absolute Gasteiger partial charge is 0.223 e. The lowest BCUT2D eigenvalue weighted by molar-refractivity contribution is -0.132. The van der Waals surface area contributed by atoms with Crippen LogP contribution in [0, 0.1) is 0 Å². The Morgan fingerprint density at radius 3 is 3.05 bits per heavy atom. The van der Waals surface area contributed by atoms with Gasteiger partial charge in [-0.05, 0) is 44.2 Å². The van der Waals surface area contributed by atoms with Gasteiger partial charge in [-0.25, -0.2) is 0 Å². The van der Waals surface area contributed by atoms with Gasteiger partial charge in [0.15, 0.2) is 0 Å². The van der Waals surface area contributed by atoms with Gasteiger partial charge in [0.25, 0.3) is 0 Å². The fourth-order valence-electron chi connectivity index (χ4n) is 3.02. The van der Waals surface area contributed by atoms with E-state index < -0.39 is 0 Å². The van der Waals surface area contributed by atoms with Crippen molar-refractivity contribution in [2.24, 2.45) is 0 Å². The molecule has 4 heteroatoms. The minimum absolute atomic E-state index is 0.212. The minimum Gasteiger partial charge on any atom is -0.393 e. The number of aromatic nitrogens is 1. The molecular formula is C17H26N2O2. The van der Waals surface area contributed by atoms with Crippen LogP contribution in [-0.2, 0) is 4.79 Å². The molecule has 4 nitrogen and oxygen atoms in total. The topological polar surface area (TPSA) is 53.4 Å². The largest absolute Gasteiger partial charge is 0.393 e. The number of hydrogen-bond acceptors (Lipinski definition) is 3. The quantitative estimate of drug-likeness (QED) is 0.785. The number of aliphatic hydroxyl groups excluding tert-OH is 1. The van der Waals surface area contributed by atoms with Crippen molar-refractivity contribution in [3.63, 3.8) is 0 Å². The third kappa shape index (κ3) is 4.81. The first-order valence-corrected chi connectivity index (χ1v) is 8.06. The van der Waals surface area contributed by atoms with Crippen molar-refractivity contribution in [1.82, 2.24) is 9.88 Å². The average molecular weight is 290 g/mol. The normalized spacial score (nSPS) is 19.7. The number of amides is 1. The summed E-state index contributed by atoms with van der Waals surface area (Å²) in [4.78, 5) is 18.6. The molecule has 21 heavy (non-hydrogen) atoms. The predicted octanol–water partition coefficient (Wildman–Crippen LogP) is 3.08. The van der Waals surface area contributed by atoms with E-state index in [0.717, 1.165) is 50.6 Å². The van der Waals surface area contributed by atoms with Crippen molar-refractivity contribution in [3.8, 4) is 0 Å². The molecule has 1 fully saturated rings.